The Morgan fingerprint density at radius 1 is 1.07 bits per heavy atom. The van der Waals surface area contributed by atoms with E-state index in [0.29, 0.717) is 27.8 Å². The predicted molar refractivity (Wildman–Crippen MR) is 112 cm³/mol. The molecule has 1 heterocycles. The first kappa shape index (κ1) is 17.9. The lowest BCUT2D eigenvalue weighted by atomic mass is 9.99. The molecule has 140 valence electrons. The van der Waals surface area contributed by atoms with E-state index in [0.717, 1.165) is 22.1 Å². The van der Waals surface area contributed by atoms with Gasteiger partial charge in [-0.15, -0.1) is 0 Å². The summed E-state index contributed by atoms with van der Waals surface area (Å²) < 4.78 is 5.35. The molecular weight excluding hydrogens is 376 g/mol. The van der Waals surface area contributed by atoms with Crippen molar-refractivity contribution in [3.63, 3.8) is 0 Å². The lowest BCUT2D eigenvalue weighted by Gasteiger charge is -2.21. The van der Waals surface area contributed by atoms with Gasteiger partial charge in [-0.3, -0.25) is 4.90 Å². The van der Waals surface area contributed by atoms with Gasteiger partial charge in [-0.2, -0.15) is 0 Å². The van der Waals surface area contributed by atoms with E-state index in [4.69, 9.17) is 27.6 Å². The van der Waals surface area contributed by atoms with E-state index < -0.39 is 6.03 Å². The molecule has 0 saturated carbocycles. The normalized spacial score (nSPS) is 10.9. The van der Waals surface area contributed by atoms with E-state index in [9.17, 15) is 4.79 Å². The first-order chi connectivity index (χ1) is 13.5. The maximum Gasteiger partial charge on any atom is 0.323 e. The minimum Gasteiger partial charge on any atom is -0.380 e. The van der Waals surface area contributed by atoms with Crippen LogP contribution in [0.15, 0.2) is 65.2 Å². The summed E-state index contributed by atoms with van der Waals surface area (Å²) >= 11 is 6.05. The Hall–Kier alpha value is -3.51. The van der Waals surface area contributed by atoms with Crippen LogP contribution in [0.4, 0.5) is 22.0 Å². The molecule has 6 nitrogen and oxygen atoms in total. The van der Waals surface area contributed by atoms with Gasteiger partial charge in [0.25, 0.3) is 0 Å². The van der Waals surface area contributed by atoms with Crippen LogP contribution < -0.4 is 16.4 Å². The Morgan fingerprint density at radius 3 is 2.50 bits per heavy atom. The topological polar surface area (TPSA) is 98.4 Å². The predicted octanol–water partition coefficient (Wildman–Crippen LogP) is 5.26. The number of aryl methyl sites for hydroxylation is 1. The van der Waals surface area contributed by atoms with E-state index in [1.807, 2.05) is 43.3 Å². The quantitative estimate of drug-likeness (QED) is 0.497. The summed E-state index contributed by atoms with van der Waals surface area (Å²) in [5.74, 6) is 0.343. The molecule has 0 radical (unpaired) electrons. The number of aromatic nitrogens is 1. The van der Waals surface area contributed by atoms with E-state index in [2.05, 4.69) is 5.16 Å². The van der Waals surface area contributed by atoms with Crippen molar-refractivity contribution in [2.45, 2.75) is 6.92 Å². The van der Waals surface area contributed by atoms with Crippen molar-refractivity contribution in [2.24, 2.45) is 5.73 Å². The highest BCUT2D eigenvalue weighted by atomic mass is 35.5. The van der Waals surface area contributed by atoms with Gasteiger partial charge in [0.15, 0.2) is 11.4 Å². The third-order valence-electron chi connectivity index (χ3n) is 4.57. The Labute approximate surface area is 166 Å². The number of primary amides is 1. The highest BCUT2D eigenvalue weighted by Crippen LogP contribution is 2.36. The van der Waals surface area contributed by atoms with Crippen LogP contribution in [0.1, 0.15) is 5.56 Å². The number of rotatable bonds is 3. The zero-order chi connectivity index (χ0) is 19.8. The number of urea groups is 1. The molecule has 2 amide bonds. The van der Waals surface area contributed by atoms with Gasteiger partial charge < -0.3 is 16.0 Å². The summed E-state index contributed by atoms with van der Waals surface area (Å²) in [6, 6.07) is 17.7. The van der Waals surface area contributed by atoms with Gasteiger partial charge in [0.05, 0.1) is 16.8 Å². The number of nitrogen functional groups attached to an aromatic ring is 1. The zero-order valence-electron chi connectivity index (χ0n) is 15.0. The summed E-state index contributed by atoms with van der Waals surface area (Å²) in [4.78, 5) is 13.5. The summed E-state index contributed by atoms with van der Waals surface area (Å²) in [5, 5.41) is 5.17. The van der Waals surface area contributed by atoms with Gasteiger partial charge in [-0.05, 0) is 53.9 Å². The Balaban J connectivity index is 1.78. The average Bonchev–Trinajstić information content (AvgIpc) is 3.06. The molecule has 0 aliphatic heterocycles. The molecule has 0 bridgehead atoms. The highest BCUT2D eigenvalue weighted by Gasteiger charge is 2.17. The van der Waals surface area contributed by atoms with Crippen LogP contribution in [-0.2, 0) is 0 Å². The minimum atomic E-state index is -0.601. The number of nitrogens with zero attached hydrogens (tertiary/aromatic N) is 2. The van der Waals surface area contributed by atoms with Crippen molar-refractivity contribution in [3.05, 3.63) is 71.2 Å². The number of benzene rings is 3. The van der Waals surface area contributed by atoms with Gasteiger partial charge in [0.2, 0.25) is 0 Å². The van der Waals surface area contributed by atoms with Gasteiger partial charge in [0.1, 0.15) is 0 Å². The number of carbonyl (C=O) groups is 1. The van der Waals surface area contributed by atoms with Crippen molar-refractivity contribution in [1.29, 1.82) is 0 Å². The van der Waals surface area contributed by atoms with Crippen LogP contribution >= 0.6 is 11.6 Å². The second kappa shape index (κ2) is 6.90. The van der Waals surface area contributed by atoms with Crippen molar-refractivity contribution in [3.8, 4) is 11.1 Å². The van der Waals surface area contributed by atoms with Gasteiger partial charge in [-0.1, -0.05) is 47.1 Å². The Bertz CT molecular complexity index is 1180. The summed E-state index contributed by atoms with van der Waals surface area (Å²) in [7, 11) is 0. The second-order valence-electron chi connectivity index (χ2n) is 6.40. The van der Waals surface area contributed by atoms with Crippen molar-refractivity contribution in [2.75, 3.05) is 10.6 Å². The number of fused-ring (bicyclic) bond motifs is 1. The third-order valence-corrected chi connectivity index (χ3v) is 4.80. The molecule has 7 heteroatoms. The fourth-order valence-corrected chi connectivity index (χ4v) is 3.43. The van der Waals surface area contributed by atoms with Gasteiger partial charge >= 0.3 is 6.03 Å². The van der Waals surface area contributed by atoms with E-state index in [1.165, 1.54) is 4.90 Å². The standard InChI is InChI=1S/C21H17ClN4O2/c1-12-5-10-17(18-19(12)28-25-20(18)23)13-6-8-15(9-7-13)26(21(24)27)16-4-2-3-14(22)11-16/h2-11H,1H3,(H2,23,25)(H2,24,27). The van der Waals surface area contributed by atoms with Crippen molar-refractivity contribution in [1.82, 2.24) is 5.16 Å². The summed E-state index contributed by atoms with van der Waals surface area (Å²) in [5.41, 5.74) is 16.3. The smallest absolute Gasteiger partial charge is 0.323 e. The third kappa shape index (κ3) is 3.04. The van der Waals surface area contributed by atoms with E-state index in [-0.39, 0.29) is 0 Å². The van der Waals surface area contributed by atoms with Crippen LogP contribution in [0, 0.1) is 6.92 Å². The Kier molecular flexibility index (Phi) is 4.41. The molecule has 4 N–H and O–H groups in total. The highest BCUT2D eigenvalue weighted by molar-refractivity contribution is 6.31. The van der Waals surface area contributed by atoms with Gasteiger partial charge in [0, 0.05) is 5.02 Å². The molecule has 3 aromatic carbocycles. The number of hydrogen-bond acceptors (Lipinski definition) is 4. The van der Waals surface area contributed by atoms with Gasteiger partial charge in [-0.25, -0.2) is 4.79 Å². The number of anilines is 3. The molecule has 0 unspecified atom stereocenters. The molecular formula is C21H17ClN4O2. The number of carbonyl (C=O) groups excluding carboxylic acids is 1. The maximum absolute atomic E-state index is 12.1. The van der Waals surface area contributed by atoms with Crippen LogP contribution in [0.5, 0.6) is 0 Å². The van der Waals surface area contributed by atoms with E-state index >= 15 is 0 Å². The van der Waals surface area contributed by atoms with Crippen molar-refractivity contribution >= 4 is 45.8 Å². The first-order valence-electron chi connectivity index (χ1n) is 8.56. The number of nitrogens with two attached hydrogens (primary N) is 2. The summed E-state index contributed by atoms with van der Waals surface area (Å²) in [6.07, 6.45) is 0. The maximum atomic E-state index is 12.1. The van der Waals surface area contributed by atoms with Crippen LogP contribution in [0.3, 0.4) is 0 Å². The average molecular weight is 393 g/mol. The van der Waals surface area contributed by atoms with Crippen LogP contribution in [0.25, 0.3) is 22.1 Å². The molecule has 0 aliphatic rings. The molecule has 0 fully saturated rings. The first-order valence-corrected chi connectivity index (χ1v) is 8.93. The van der Waals surface area contributed by atoms with Crippen LogP contribution in [-0.4, -0.2) is 11.2 Å². The second-order valence-corrected chi connectivity index (χ2v) is 6.84. The Morgan fingerprint density at radius 2 is 1.82 bits per heavy atom. The number of halogens is 1. The molecule has 0 saturated heterocycles. The zero-order valence-corrected chi connectivity index (χ0v) is 15.8. The minimum absolute atomic E-state index is 0.343. The van der Waals surface area contributed by atoms with Crippen molar-refractivity contribution < 1.29 is 9.32 Å². The monoisotopic (exact) mass is 392 g/mol. The molecule has 28 heavy (non-hydrogen) atoms. The lowest BCUT2D eigenvalue weighted by molar-refractivity contribution is 0.256. The van der Waals surface area contributed by atoms with E-state index in [1.54, 1.807) is 24.3 Å². The molecule has 0 atom stereocenters. The largest absolute Gasteiger partial charge is 0.380 e. The molecule has 1 aromatic heterocycles. The molecule has 4 rings (SSSR count). The SMILES string of the molecule is Cc1ccc(-c2ccc(N(C(N)=O)c3cccc(Cl)c3)cc2)c2c(N)noc12. The number of amides is 2. The number of hydrogen-bond donors (Lipinski definition) is 2. The molecule has 0 spiro atoms. The fraction of sp³-hybridized carbons (Fsp3) is 0.0476. The fourth-order valence-electron chi connectivity index (χ4n) is 3.25. The summed E-state index contributed by atoms with van der Waals surface area (Å²) in [6.45, 7) is 1.94. The van der Waals surface area contributed by atoms with Crippen LogP contribution in [0.2, 0.25) is 5.02 Å². The molecule has 0 aliphatic carbocycles. The molecule has 4 aromatic rings. The lowest BCUT2D eigenvalue weighted by Crippen LogP contribution is -2.31.